The second-order valence-electron chi connectivity index (χ2n) is 8.23. The van der Waals surface area contributed by atoms with Gasteiger partial charge in [0.05, 0.1) is 5.56 Å². The van der Waals surface area contributed by atoms with E-state index < -0.39 is 5.97 Å². The number of carboxylic acid groups (broad SMARTS) is 1. The molecule has 0 radical (unpaired) electrons. The summed E-state index contributed by atoms with van der Waals surface area (Å²) in [6.45, 7) is 8.00. The van der Waals surface area contributed by atoms with Gasteiger partial charge in [0, 0.05) is 31.1 Å². The molecular formula is C21H29NO4. The fourth-order valence-electron chi connectivity index (χ4n) is 4.16. The predicted octanol–water partition coefficient (Wildman–Crippen LogP) is 3.59. The quantitative estimate of drug-likeness (QED) is 0.835. The number of carboxylic acids is 1. The molecule has 2 aliphatic carbocycles. The second kappa shape index (κ2) is 6.86. The van der Waals surface area contributed by atoms with E-state index in [9.17, 15) is 14.4 Å². The Kier molecular flexibility index (Phi) is 5.31. The van der Waals surface area contributed by atoms with E-state index in [4.69, 9.17) is 5.11 Å². The highest BCUT2D eigenvalue weighted by atomic mass is 16.4. The van der Waals surface area contributed by atoms with E-state index in [1.54, 1.807) is 6.07 Å². The summed E-state index contributed by atoms with van der Waals surface area (Å²) >= 11 is 0. The van der Waals surface area contributed by atoms with Crippen molar-refractivity contribution in [3.63, 3.8) is 0 Å². The molecule has 0 spiro atoms. The second-order valence-corrected chi connectivity index (χ2v) is 8.23. The Labute approximate surface area is 155 Å². The fourth-order valence-corrected chi connectivity index (χ4v) is 4.16. The Hall–Kier alpha value is -2.17. The highest BCUT2D eigenvalue weighted by Gasteiger charge is 2.66. The number of aromatic carboxylic acids is 1. The smallest absolute Gasteiger partial charge is 0.335 e. The third-order valence-electron chi connectivity index (χ3n) is 6.48. The van der Waals surface area contributed by atoms with Crippen molar-refractivity contribution in [2.24, 2.45) is 16.7 Å². The predicted molar refractivity (Wildman–Crippen MR) is 102 cm³/mol. The van der Waals surface area contributed by atoms with Crippen molar-refractivity contribution in [2.45, 2.75) is 47.0 Å². The number of aryl methyl sites for hydroxylation is 1. The molecule has 5 nitrogen and oxygen atoms in total. The lowest BCUT2D eigenvalue weighted by atomic mass is 9.70. The molecule has 2 bridgehead atoms. The number of carbonyl (C=O) groups excluding carboxylic acids is 2. The summed E-state index contributed by atoms with van der Waals surface area (Å²) < 4.78 is 0. The molecule has 2 unspecified atom stereocenters. The first-order valence-electron chi connectivity index (χ1n) is 9.09. The lowest BCUT2D eigenvalue weighted by Crippen LogP contribution is -2.33. The van der Waals surface area contributed by atoms with Gasteiger partial charge in [-0.05, 0) is 48.4 Å². The third-order valence-corrected chi connectivity index (χ3v) is 6.48. The van der Waals surface area contributed by atoms with E-state index in [1.807, 2.05) is 58.8 Å². The van der Waals surface area contributed by atoms with Gasteiger partial charge >= 0.3 is 5.97 Å². The SMILES string of the molecule is CC12CCC(C(=O)C1=O)C2(C)C.CCc1cc(N(C)C)ccc1C(=O)O. The molecule has 2 aliphatic rings. The molecule has 2 atom stereocenters. The molecule has 2 fully saturated rings. The van der Waals surface area contributed by atoms with Crippen molar-refractivity contribution in [3.05, 3.63) is 29.3 Å². The molecule has 1 aromatic rings. The topological polar surface area (TPSA) is 74.7 Å². The maximum atomic E-state index is 11.6. The number of nitrogens with zero attached hydrogens (tertiary/aromatic N) is 1. The standard InChI is InChI=1S/C11H15NO2.C10H14O2/c1-4-8-7-9(12(2)3)5-6-10(8)11(13)14;1-9(2)6-4-5-10(9,3)8(12)7(6)11/h5-7H,4H2,1-3H3,(H,13,14);6H,4-5H2,1-3H3. The lowest BCUT2D eigenvalue weighted by molar-refractivity contribution is -0.141. The van der Waals surface area contributed by atoms with Gasteiger partial charge in [-0.3, -0.25) is 9.59 Å². The van der Waals surface area contributed by atoms with Crippen LogP contribution in [-0.2, 0) is 16.0 Å². The summed E-state index contributed by atoms with van der Waals surface area (Å²) in [6, 6.07) is 5.41. The average molecular weight is 359 g/mol. The van der Waals surface area contributed by atoms with Crippen LogP contribution in [-0.4, -0.2) is 36.7 Å². The number of ketones is 2. The van der Waals surface area contributed by atoms with Crippen LogP contribution < -0.4 is 4.90 Å². The van der Waals surface area contributed by atoms with Gasteiger partial charge in [0.2, 0.25) is 11.6 Å². The minimum Gasteiger partial charge on any atom is -0.478 e. The number of rotatable bonds is 3. The van der Waals surface area contributed by atoms with Crippen LogP contribution in [0.15, 0.2) is 18.2 Å². The van der Waals surface area contributed by atoms with Crippen LogP contribution in [0.2, 0.25) is 0 Å². The molecule has 26 heavy (non-hydrogen) atoms. The van der Waals surface area contributed by atoms with Gasteiger partial charge in [-0.2, -0.15) is 0 Å². The summed E-state index contributed by atoms with van der Waals surface area (Å²) in [7, 11) is 3.88. The number of hydrogen-bond acceptors (Lipinski definition) is 4. The van der Waals surface area contributed by atoms with Crippen LogP contribution in [0.3, 0.4) is 0 Å². The molecule has 0 saturated heterocycles. The summed E-state index contributed by atoms with van der Waals surface area (Å²) in [6.07, 6.45) is 2.55. The summed E-state index contributed by atoms with van der Waals surface area (Å²) in [5, 5.41) is 8.91. The van der Waals surface area contributed by atoms with Crippen molar-refractivity contribution < 1.29 is 19.5 Å². The maximum Gasteiger partial charge on any atom is 0.335 e. The molecule has 3 rings (SSSR count). The van der Waals surface area contributed by atoms with Gasteiger partial charge in [0.25, 0.3) is 0 Å². The van der Waals surface area contributed by atoms with E-state index >= 15 is 0 Å². The number of anilines is 1. The van der Waals surface area contributed by atoms with Gasteiger partial charge in [-0.1, -0.05) is 27.7 Å². The highest BCUT2D eigenvalue weighted by Crippen LogP contribution is 2.61. The number of fused-ring (bicyclic) bond motifs is 2. The van der Waals surface area contributed by atoms with Crippen molar-refractivity contribution in [1.29, 1.82) is 0 Å². The van der Waals surface area contributed by atoms with Gasteiger partial charge in [0.15, 0.2) is 0 Å². The Balaban J connectivity index is 0.000000189. The molecule has 0 heterocycles. The summed E-state index contributed by atoms with van der Waals surface area (Å²) in [5.74, 6) is -1.08. The van der Waals surface area contributed by atoms with Crippen LogP contribution in [0, 0.1) is 16.7 Å². The fraction of sp³-hybridized carbons (Fsp3) is 0.571. The van der Waals surface area contributed by atoms with Crippen LogP contribution in [0.4, 0.5) is 5.69 Å². The van der Waals surface area contributed by atoms with E-state index in [1.165, 1.54) is 0 Å². The summed E-state index contributed by atoms with van der Waals surface area (Å²) in [5.41, 5.74) is 1.87. The van der Waals surface area contributed by atoms with E-state index in [0.717, 1.165) is 30.5 Å². The number of hydrogen-bond donors (Lipinski definition) is 1. The zero-order chi connectivity index (χ0) is 19.9. The van der Waals surface area contributed by atoms with Gasteiger partial charge < -0.3 is 10.0 Å². The van der Waals surface area contributed by atoms with Crippen molar-refractivity contribution in [3.8, 4) is 0 Å². The molecule has 0 amide bonds. The minimum atomic E-state index is -0.854. The summed E-state index contributed by atoms with van der Waals surface area (Å²) in [4.78, 5) is 35.8. The van der Waals surface area contributed by atoms with E-state index in [0.29, 0.717) is 5.56 Å². The molecule has 1 N–H and O–H groups in total. The molecule has 0 aliphatic heterocycles. The van der Waals surface area contributed by atoms with E-state index in [2.05, 4.69) is 0 Å². The van der Waals surface area contributed by atoms with Crippen molar-refractivity contribution in [1.82, 2.24) is 0 Å². The monoisotopic (exact) mass is 359 g/mol. The first kappa shape index (κ1) is 20.1. The maximum absolute atomic E-state index is 11.6. The van der Waals surface area contributed by atoms with Crippen LogP contribution in [0.1, 0.15) is 56.5 Å². The Morgan fingerprint density at radius 1 is 1.23 bits per heavy atom. The van der Waals surface area contributed by atoms with Gasteiger partial charge in [-0.25, -0.2) is 4.79 Å². The Bertz CT molecular complexity index is 750. The lowest BCUT2D eigenvalue weighted by Gasteiger charge is -2.31. The number of Topliss-reactive ketones (excluding diaryl/α,β-unsaturated/α-hetero) is 2. The first-order valence-corrected chi connectivity index (χ1v) is 9.09. The minimum absolute atomic E-state index is 0.00926. The molecule has 1 aromatic carbocycles. The molecule has 2 saturated carbocycles. The zero-order valence-corrected chi connectivity index (χ0v) is 16.5. The van der Waals surface area contributed by atoms with Crippen LogP contribution >= 0.6 is 0 Å². The number of benzene rings is 1. The average Bonchev–Trinajstić information content (AvgIpc) is 2.89. The molecule has 0 aromatic heterocycles. The largest absolute Gasteiger partial charge is 0.478 e. The van der Waals surface area contributed by atoms with Gasteiger partial charge in [-0.15, -0.1) is 0 Å². The molecule has 142 valence electrons. The van der Waals surface area contributed by atoms with Crippen molar-refractivity contribution in [2.75, 3.05) is 19.0 Å². The third kappa shape index (κ3) is 3.04. The number of carbonyl (C=O) groups is 3. The zero-order valence-electron chi connectivity index (χ0n) is 16.5. The van der Waals surface area contributed by atoms with Crippen LogP contribution in [0.25, 0.3) is 0 Å². The molecule has 5 heteroatoms. The highest BCUT2D eigenvalue weighted by molar-refractivity contribution is 6.43. The van der Waals surface area contributed by atoms with Crippen molar-refractivity contribution >= 4 is 23.2 Å². The first-order chi connectivity index (χ1) is 12.0. The Morgan fingerprint density at radius 3 is 2.19 bits per heavy atom. The normalized spacial score (nSPS) is 25.7. The van der Waals surface area contributed by atoms with Gasteiger partial charge in [0.1, 0.15) is 0 Å². The van der Waals surface area contributed by atoms with E-state index in [-0.39, 0.29) is 28.3 Å². The van der Waals surface area contributed by atoms with Crippen LogP contribution in [0.5, 0.6) is 0 Å². The Morgan fingerprint density at radius 2 is 1.85 bits per heavy atom. The molecular weight excluding hydrogens is 330 g/mol.